The lowest BCUT2D eigenvalue weighted by molar-refractivity contribution is -0.148. The Morgan fingerprint density at radius 3 is 2.20 bits per heavy atom. The van der Waals surface area contributed by atoms with Crippen LogP contribution in [0.1, 0.15) is 112 Å². The second-order valence-electron chi connectivity index (χ2n) is 21.3. The van der Waals surface area contributed by atoms with Crippen molar-refractivity contribution in [3.05, 3.63) is 36.0 Å². The number of imide groups is 1. The number of nitrogens with one attached hydrogen (secondary N) is 3. The predicted octanol–water partition coefficient (Wildman–Crippen LogP) is 3.46. The van der Waals surface area contributed by atoms with Crippen LogP contribution in [-0.2, 0) is 54.3 Å². The molecule has 2 fully saturated rings. The van der Waals surface area contributed by atoms with Gasteiger partial charge in [-0.3, -0.25) is 48.2 Å². The van der Waals surface area contributed by atoms with E-state index in [1.54, 1.807) is 23.8 Å². The second-order valence-corrected chi connectivity index (χ2v) is 21.6. The summed E-state index contributed by atoms with van der Waals surface area (Å²) in [6, 6.07) is 3.38. The first kappa shape index (κ1) is 61.7. The summed E-state index contributed by atoms with van der Waals surface area (Å²) >= 11 is 4.05. The fourth-order valence-corrected chi connectivity index (χ4v) is 11.1. The molecule has 4 rings (SSSR count). The van der Waals surface area contributed by atoms with Gasteiger partial charge in [0.1, 0.15) is 18.0 Å². The number of benzene rings is 1. The molecular weight excluding hydrogens is 967 g/mol. The van der Waals surface area contributed by atoms with Crippen molar-refractivity contribution in [2.24, 2.45) is 41.1 Å². The number of carbonyl (C=O) groups is 8. The Morgan fingerprint density at radius 1 is 0.919 bits per heavy atom. The standard InChI is InChI=1S/C54H87N9O10S/c1-12-33(6)47(42(72-10)28-44(65)62-25-19-22-41(62)49(73-11)34(7)51(68)58-40(50(56)67)26-35-29-57-39-21-16-15-20-36(35)39)61(9)54(71)45(31(2)3)59-52(69)46(32(4)5)60(8)23-17-13-14-18-24-63-43(64)27-37(53(63)70)48(66)38(55)30-74/h15-16,20-21,29,31-34,37-38,40-42,45-47,49,57,74H,12-14,17-19,22-28,30,55H2,1-11H3,(H2,56,67)(H,58,68)(H,59,69)/t33-,34+,37?,38-,40-,41-,42+,45-,46-,47-,49+/m0/s1. The molecule has 2 aliphatic heterocycles. The summed E-state index contributed by atoms with van der Waals surface area (Å²) in [5.41, 5.74) is 13.3. The Hall–Kier alpha value is -4.89. The summed E-state index contributed by atoms with van der Waals surface area (Å²) in [5, 5.41) is 6.88. The van der Waals surface area contributed by atoms with Crippen LogP contribution in [0.4, 0.5) is 0 Å². The lowest BCUT2D eigenvalue weighted by Crippen LogP contribution is -2.60. The largest absolute Gasteiger partial charge is 0.379 e. The monoisotopic (exact) mass is 1050 g/mol. The van der Waals surface area contributed by atoms with Crippen LogP contribution in [0.25, 0.3) is 10.9 Å². The Morgan fingerprint density at radius 2 is 1.59 bits per heavy atom. The quantitative estimate of drug-likeness (QED) is 0.0275. The van der Waals surface area contributed by atoms with Crippen molar-refractivity contribution in [1.82, 2.24) is 35.2 Å². The zero-order valence-corrected chi connectivity index (χ0v) is 46.7. The van der Waals surface area contributed by atoms with Gasteiger partial charge in [0.15, 0.2) is 5.78 Å². The molecule has 0 radical (unpaired) electrons. The third-order valence-corrected chi connectivity index (χ3v) is 15.8. The van der Waals surface area contributed by atoms with E-state index in [-0.39, 0.29) is 72.9 Å². The topological polar surface area (TPSA) is 260 Å². The highest BCUT2D eigenvalue weighted by Crippen LogP contribution is 2.30. The van der Waals surface area contributed by atoms with Gasteiger partial charge in [-0.05, 0) is 68.7 Å². The predicted molar refractivity (Wildman–Crippen MR) is 287 cm³/mol. The number of aromatic nitrogens is 1. The average Bonchev–Trinajstić information content (AvgIpc) is 4.09. The van der Waals surface area contributed by atoms with Crippen molar-refractivity contribution in [2.75, 3.05) is 53.7 Å². The van der Waals surface area contributed by atoms with Crippen LogP contribution >= 0.6 is 12.6 Å². The van der Waals surface area contributed by atoms with Crippen molar-refractivity contribution in [2.45, 2.75) is 161 Å². The molecule has 74 heavy (non-hydrogen) atoms. The number of fused-ring (bicyclic) bond motifs is 1. The number of ketones is 1. The number of ether oxygens (including phenoxy) is 2. The van der Waals surface area contributed by atoms with E-state index >= 15 is 0 Å². The highest BCUT2D eigenvalue weighted by Gasteiger charge is 2.45. The Labute approximate surface area is 444 Å². The Bertz CT molecular complexity index is 2240. The van der Waals surface area contributed by atoms with Gasteiger partial charge in [0.25, 0.3) is 0 Å². The fraction of sp³-hybridized carbons (Fsp3) is 0.704. The van der Waals surface area contributed by atoms with Gasteiger partial charge in [-0.25, -0.2) is 0 Å². The number of Topliss-reactive ketones (excluding diaryl/α,β-unsaturated/α-hetero) is 1. The van der Waals surface area contributed by atoms with Crippen molar-refractivity contribution in [3.63, 3.8) is 0 Å². The maximum atomic E-state index is 14.7. The van der Waals surface area contributed by atoms with Gasteiger partial charge >= 0.3 is 0 Å². The summed E-state index contributed by atoms with van der Waals surface area (Å²) in [5.74, 6) is -5.37. The highest BCUT2D eigenvalue weighted by molar-refractivity contribution is 7.80. The molecule has 19 nitrogen and oxygen atoms in total. The molecule has 1 aromatic heterocycles. The van der Waals surface area contributed by atoms with Crippen molar-refractivity contribution >= 4 is 70.7 Å². The summed E-state index contributed by atoms with van der Waals surface area (Å²) in [4.78, 5) is 118. The number of methoxy groups -OCH3 is 2. The molecule has 414 valence electrons. The smallest absolute Gasteiger partial charge is 0.245 e. The van der Waals surface area contributed by atoms with E-state index in [9.17, 15) is 38.4 Å². The number of nitrogens with zero attached hydrogens (tertiary/aromatic N) is 4. The van der Waals surface area contributed by atoms with Crippen LogP contribution in [0.2, 0.25) is 0 Å². The number of carbonyl (C=O) groups excluding carboxylic acids is 8. The summed E-state index contributed by atoms with van der Waals surface area (Å²) < 4.78 is 12.1. The number of primary amides is 1. The molecule has 7 amide bonds. The van der Waals surface area contributed by atoms with Gasteiger partial charge in [-0.15, -0.1) is 0 Å². The molecule has 2 aliphatic rings. The number of aromatic amines is 1. The number of thiol groups is 1. The maximum Gasteiger partial charge on any atom is 0.245 e. The molecule has 7 N–H and O–H groups in total. The Balaban J connectivity index is 1.37. The minimum absolute atomic E-state index is 0.0498. The Kier molecular flexibility index (Phi) is 24.0. The minimum Gasteiger partial charge on any atom is -0.379 e. The first-order valence-corrected chi connectivity index (χ1v) is 27.2. The third-order valence-electron chi connectivity index (χ3n) is 15.4. The number of unbranched alkanes of at least 4 members (excludes halogenated alkanes) is 3. The normalized spacial score (nSPS) is 19.8. The van der Waals surface area contributed by atoms with Crippen LogP contribution in [0.5, 0.6) is 0 Å². The third kappa shape index (κ3) is 15.4. The van der Waals surface area contributed by atoms with E-state index in [2.05, 4.69) is 28.2 Å². The van der Waals surface area contributed by atoms with Crippen molar-refractivity contribution < 1.29 is 47.8 Å². The van der Waals surface area contributed by atoms with E-state index in [0.717, 1.165) is 40.6 Å². The molecule has 2 aromatic rings. The van der Waals surface area contributed by atoms with E-state index < -0.39 is 83.8 Å². The van der Waals surface area contributed by atoms with E-state index in [4.69, 9.17) is 20.9 Å². The lowest BCUT2D eigenvalue weighted by atomic mass is 9.89. The molecule has 1 unspecified atom stereocenters. The van der Waals surface area contributed by atoms with Crippen molar-refractivity contribution in [3.8, 4) is 0 Å². The minimum atomic E-state index is -1.04. The average molecular weight is 1050 g/mol. The number of hydrogen-bond donors (Lipinski definition) is 6. The first-order valence-electron chi connectivity index (χ1n) is 26.6. The van der Waals surface area contributed by atoms with Crippen LogP contribution in [0, 0.1) is 29.6 Å². The number of likely N-dealkylation sites (tertiary alicyclic amines) is 2. The van der Waals surface area contributed by atoms with Gasteiger partial charge in [0, 0.05) is 70.1 Å². The molecule has 0 bridgehead atoms. The number of hydrogen-bond acceptors (Lipinski definition) is 13. The molecular formula is C54H87N9O10S. The summed E-state index contributed by atoms with van der Waals surface area (Å²) in [6.07, 6.45) is 5.18. The van der Waals surface area contributed by atoms with E-state index in [0.29, 0.717) is 38.8 Å². The van der Waals surface area contributed by atoms with Gasteiger partial charge in [0.05, 0.1) is 48.7 Å². The lowest BCUT2D eigenvalue weighted by Gasteiger charge is -2.41. The second kappa shape index (κ2) is 28.9. The van der Waals surface area contributed by atoms with E-state index in [1.165, 1.54) is 14.2 Å². The fourth-order valence-electron chi connectivity index (χ4n) is 10.9. The number of nitrogens with two attached hydrogens (primary N) is 2. The summed E-state index contributed by atoms with van der Waals surface area (Å²) in [7, 11) is 6.63. The van der Waals surface area contributed by atoms with Gasteiger partial charge in [0.2, 0.25) is 41.4 Å². The van der Waals surface area contributed by atoms with E-state index in [1.807, 2.05) is 84.0 Å². The number of amides is 7. The SMILES string of the molecule is CC[C@H](C)[C@@H]([C@@H](CC(=O)N1CCC[C@H]1[C@H](OC)[C@@H](C)C(=O)N[C@@H](Cc1c[nH]c2ccccc12)C(N)=O)OC)N(C)C(=O)[C@@H](NC(=O)[C@H](C(C)C)N(C)CCCCCCN1C(=O)CC(C(=O)[C@@H](N)CS)C1=O)C(C)C. The number of rotatable bonds is 31. The number of H-pyrrole nitrogens is 1. The first-order chi connectivity index (χ1) is 35.0. The zero-order chi connectivity index (χ0) is 55.1. The van der Waals surface area contributed by atoms with Crippen LogP contribution in [0.3, 0.4) is 0 Å². The van der Waals surface area contributed by atoms with Gasteiger partial charge in [-0.1, -0.05) is 85.9 Å². The molecule has 3 heterocycles. The molecule has 0 aliphatic carbocycles. The van der Waals surface area contributed by atoms with Gasteiger partial charge < -0.3 is 46.4 Å². The number of para-hydroxylation sites is 1. The molecule has 1 aromatic carbocycles. The highest BCUT2D eigenvalue weighted by atomic mass is 32.1. The summed E-state index contributed by atoms with van der Waals surface area (Å²) in [6.45, 7) is 14.7. The van der Waals surface area contributed by atoms with Gasteiger partial charge in [-0.2, -0.15) is 12.6 Å². The molecule has 11 atom stereocenters. The van der Waals surface area contributed by atoms with Crippen LogP contribution < -0.4 is 22.1 Å². The van der Waals surface area contributed by atoms with Crippen molar-refractivity contribution in [1.29, 1.82) is 0 Å². The van der Waals surface area contributed by atoms with Crippen LogP contribution in [-0.4, -0.2) is 174 Å². The molecule has 0 saturated carbocycles. The number of likely N-dealkylation sites (N-methyl/N-ethyl adjacent to an activating group) is 2. The zero-order valence-electron chi connectivity index (χ0n) is 45.8. The molecule has 20 heteroatoms. The molecule has 2 saturated heterocycles. The van der Waals surface area contributed by atoms with Crippen LogP contribution in [0.15, 0.2) is 30.5 Å². The maximum absolute atomic E-state index is 14.7. The molecule has 0 spiro atoms.